The first kappa shape index (κ1) is 31.6. The lowest BCUT2D eigenvalue weighted by Crippen LogP contribution is -2.50. The molecule has 9 rings (SSSR count). The zero-order valence-electron chi connectivity index (χ0n) is 28.3. The molecule has 1 heterocycles. The zero-order valence-corrected chi connectivity index (χ0v) is 28.3. The number of aliphatic carboxylic acids is 3. The summed E-state index contributed by atoms with van der Waals surface area (Å²) in [5.74, 6) is -2.41. The van der Waals surface area contributed by atoms with Crippen LogP contribution in [0, 0.1) is 74.4 Å². The van der Waals surface area contributed by atoms with E-state index in [2.05, 4.69) is 20.1 Å². The Balaban J connectivity index is 0.000000138. The lowest BCUT2D eigenvalue weighted by atomic mass is 9.53. The summed E-state index contributed by atoms with van der Waals surface area (Å²) >= 11 is 0. The molecule has 1 saturated heterocycles. The predicted molar refractivity (Wildman–Crippen MR) is 172 cm³/mol. The number of carboxylic acids is 3. The molecular weight excluding hydrogens is 596 g/mol. The highest BCUT2D eigenvalue weighted by Crippen LogP contribution is 2.79. The Hall–Kier alpha value is -2.64. The summed E-state index contributed by atoms with van der Waals surface area (Å²) in [7, 11) is 0. The van der Waals surface area contributed by atoms with E-state index < -0.39 is 46.2 Å². The Labute approximate surface area is 277 Å². The fourth-order valence-corrected chi connectivity index (χ4v) is 15.6. The highest BCUT2D eigenvalue weighted by atomic mass is 16.6. The fraction of sp³-hybridized carbons (Fsp3) is 0.795. The van der Waals surface area contributed by atoms with Gasteiger partial charge in [0.25, 0.3) is 0 Å². The van der Waals surface area contributed by atoms with Gasteiger partial charge in [-0.1, -0.05) is 37.6 Å². The second kappa shape index (κ2) is 9.53. The van der Waals surface area contributed by atoms with Crippen molar-refractivity contribution in [1.29, 1.82) is 0 Å². The van der Waals surface area contributed by atoms with Crippen LogP contribution in [0.2, 0.25) is 0 Å². The van der Waals surface area contributed by atoms with Crippen LogP contribution in [0.25, 0.3) is 0 Å². The van der Waals surface area contributed by atoms with Gasteiger partial charge < -0.3 is 20.1 Å². The molecule has 47 heavy (non-hydrogen) atoms. The van der Waals surface area contributed by atoms with Gasteiger partial charge in [-0.2, -0.15) is 0 Å². The number of carbonyl (C=O) groups excluding carboxylic acids is 1. The molecule has 8 nitrogen and oxygen atoms in total. The van der Waals surface area contributed by atoms with E-state index in [-0.39, 0.29) is 40.0 Å². The van der Waals surface area contributed by atoms with Crippen LogP contribution >= 0.6 is 0 Å². The van der Waals surface area contributed by atoms with Crippen LogP contribution in [0.1, 0.15) is 111 Å². The molecule has 2 spiro atoms. The maximum absolute atomic E-state index is 12.7. The molecule has 3 N–H and O–H groups in total. The molecule has 0 radical (unpaired) electrons. The number of allylic oxidation sites excluding steroid dienone is 2. The first-order valence-electron chi connectivity index (χ1n) is 18.3. The third-order valence-corrected chi connectivity index (χ3v) is 16.9. The Morgan fingerprint density at radius 2 is 1.26 bits per heavy atom. The summed E-state index contributed by atoms with van der Waals surface area (Å²) in [4.78, 5) is 49.7. The summed E-state index contributed by atoms with van der Waals surface area (Å²) in [5, 5.41) is 30.4. The van der Waals surface area contributed by atoms with Gasteiger partial charge >= 0.3 is 23.9 Å². The smallest absolute Gasteiger partial charge is 0.312 e. The topological polar surface area (TPSA) is 138 Å². The van der Waals surface area contributed by atoms with Gasteiger partial charge in [0.2, 0.25) is 0 Å². The molecule has 0 amide bonds. The number of esters is 1. The van der Waals surface area contributed by atoms with Crippen LogP contribution in [0.15, 0.2) is 24.3 Å². The number of hydrogen-bond donors (Lipinski definition) is 3. The van der Waals surface area contributed by atoms with Gasteiger partial charge in [-0.25, -0.2) is 0 Å². The Morgan fingerprint density at radius 3 is 1.83 bits per heavy atom. The number of carboxylic acid groups (broad SMARTS) is 3. The maximum Gasteiger partial charge on any atom is 0.312 e. The summed E-state index contributed by atoms with van der Waals surface area (Å²) < 4.78 is 6.10. The van der Waals surface area contributed by atoms with Gasteiger partial charge in [0.1, 0.15) is 5.60 Å². The minimum Gasteiger partial charge on any atom is -0.481 e. The van der Waals surface area contributed by atoms with Gasteiger partial charge in [-0.3, -0.25) is 19.2 Å². The quantitative estimate of drug-likeness (QED) is 0.217. The highest BCUT2D eigenvalue weighted by molar-refractivity contribution is 5.84. The molecule has 8 aliphatic carbocycles. The molecular formula is C39H52O8. The maximum atomic E-state index is 12.7. The van der Waals surface area contributed by atoms with Crippen molar-refractivity contribution in [2.24, 2.45) is 74.4 Å². The minimum atomic E-state index is -0.929. The van der Waals surface area contributed by atoms with Crippen LogP contribution in [0.4, 0.5) is 0 Å². The molecule has 0 aromatic heterocycles. The third kappa shape index (κ3) is 3.56. The number of fused-ring (bicyclic) bond motifs is 4. The lowest BCUT2D eigenvalue weighted by molar-refractivity contribution is -0.166. The van der Waals surface area contributed by atoms with Crippen LogP contribution in [0.3, 0.4) is 0 Å². The van der Waals surface area contributed by atoms with Gasteiger partial charge in [-0.05, 0) is 137 Å². The monoisotopic (exact) mass is 648 g/mol. The zero-order chi connectivity index (χ0) is 33.7. The van der Waals surface area contributed by atoms with Crippen molar-refractivity contribution in [3.63, 3.8) is 0 Å². The third-order valence-electron chi connectivity index (χ3n) is 16.9. The van der Waals surface area contributed by atoms with Crippen molar-refractivity contribution < 1.29 is 39.2 Å². The molecule has 8 heteroatoms. The van der Waals surface area contributed by atoms with Crippen LogP contribution in [-0.4, -0.2) is 44.8 Å². The largest absolute Gasteiger partial charge is 0.481 e. The summed E-state index contributed by atoms with van der Waals surface area (Å²) in [6.07, 6.45) is 12.7. The second-order valence-corrected chi connectivity index (χ2v) is 18.5. The van der Waals surface area contributed by atoms with Crippen molar-refractivity contribution in [2.75, 3.05) is 0 Å². The van der Waals surface area contributed by atoms with Gasteiger partial charge in [0, 0.05) is 11.8 Å². The van der Waals surface area contributed by atoms with E-state index in [4.69, 9.17) is 4.74 Å². The Bertz CT molecular complexity index is 1520. The average molecular weight is 649 g/mol. The van der Waals surface area contributed by atoms with Crippen molar-refractivity contribution in [3.05, 3.63) is 24.3 Å². The van der Waals surface area contributed by atoms with E-state index >= 15 is 0 Å². The predicted octanol–water partition coefficient (Wildman–Crippen LogP) is 7.13. The minimum absolute atomic E-state index is 0.139. The fourth-order valence-electron chi connectivity index (χ4n) is 15.6. The van der Waals surface area contributed by atoms with Gasteiger partial charge in [0.05, 0.1) is 22.7 Å². The van der Waals surface area contributed by atoms with E-state index in [0.29, 0.717) is 24.2 Å². The standard InChI is InChI=1S/C20H28O4.C19H24O4/c1-11-9-20-10-12(11)5-6-13(20)18(2)7-4-8-19(3,17(23)24)15(18)14(20)16(21)22;1-10-8-18-9-11(10)4-5-12(18)19-7-3-6-17(2,16(22)23-19)14(19)13(18)15(20)21/h12-15H,1,4-10H2,2-3H3,(H,21,22)(H,23,24);11-14H,1,3-9H2,2H3,(H,20,21)/t12-,13+,14-,15+,18+,19-,20+;11-,12-,13-,14?,17+,18+,19?/m11/s1. The number of rotatable bonds is 3. The molecule has 9 fully saturated rings. The lowest BCUT2D eigenvalue weighted by Gasteiger charge is -2.50. The van der Waals surface area contributed by atoms with Crippen LogP contribution < -0.4 is 0 Å². The van der Waals surface area contributed by atoms with E-state index in [9.17, 15) is 34.5 Å². The SMILES string of the molecule is C=C1C[C@]23C[C@H]1CC[C@H]2C12CCC[C@](C)(C(=O)O1)C2[C@@H]3C(=O)O.C=C1C[C@]23C[C@H]1CC[C@H]2[C@]1(C)CCC[C@@](C)(C(=O)O)[C@H]1[C@@H]3C(=O)O. The molecule has 6 bridgehead atoms. The molecule has 2 unspecified atom stereocenters. The Kier molecular flexibility index (Phi) is 6.41. The molecule has 256 valence electrons. The first-order chi connectivity index (χ1) is 22.0. The molecule has 1 aliphatic heterocycles. The molecule has 0 aromatic rings. The van der Waals surface area contributed by atoms with E-state index in [1.54, 1.807) is 0 Å². The molecule has 14 atom stereocenters. The van der Waals surface area contributed by atoms with Crippen molar-refractivity contribution >= 4 is 23.9 Å². The van der Waals surface area contributed by atoms with Crippen molar-refractivity contribution in [3.8, 4) is 0 Å². The van der Waals surface area contributed by atoms with Gasteiger partial charge in [-0.15, -0.1) is 0 Å². The van der Waals surface area contributed by atoms with Crippen LogP contribution in [0.5, 0.6) is 0 Å². The number of ether oxygens (including phenoxy) is 1. The van der Waals surface area contributed by atoms with Crippen molar-refractivity contribution in [1.82, 2.24) is 0 Å². The van der Waals surface area contributed by atoms with E-state index in [1.165, 1.54) is 11.1 Å². The Morgan fingerprint density at radius 1 is 0.723 bits per heavy atom. The van der Waals surface area contributed by atoms with Gasteiger partial charge in [0.15, 0.2) is 0 Å². The average Bonchev–Trinajstić information content (AvgIpc) is 3.61. The second-order valence-electron chi connectivity index (χ2n) is 18.5. The molecule has 9 aliphatic rings. The molecule has 0 aromatic carbocycles. The van der Waals surface area contributed by atoms with Crippen molar-refractivity contribution in [2.45, 2.75) is 116 Å². The van der Waals surface area contributed by atoms with E-state index in [0.717, 1.165) is 83.5 Å². The molecule has 8 saturated carbocycles. The summed E-state index contributed by atoms with van der Waals surface area (Å²) in [6, 6.07) is 0. The van der Waals surface area contributed by atoms with Crippen LogP contribution in [-0.2, 0) is 23.9 Å². The normalized spacial score (nSPS) is 54.4. The summed E-state index contributed by atoms with van der Waals surface area (Å²) in [6.45, 7) is 14.5. The summed E-state index contributed by atoms with van der Waals surface area (Å²) in [5.41, 5.74) is -0.250. The van der Waals surface area contributed by atoms with E-state index in [1.807, 2.05) is 13.8 Å². The number of hydrogen-bond acceptors (Lipinski definition) is 5. The highest BCUT2D eigenvalue weighted by Gasteiger charge is 2.81. The first-order valence-corrected chi connectivity index (χ1v) is 18.3. The number of carbonyl (C=O) groups is 4.